The Balaban J connectivity index is 2.33. The molecule has 24 heavy (non-hydrogen) atoms. The molecule has 0 saturated heterocycles. The molecule has 0 aliphatic carbocycles. The van der Waals surface area contributed by atoms with E-state index in [9.17, 15) is 14.4 Å². The van der Waals surface area contributed by atoms with Crippen LogP contribution >= 0.6 is 0 Å². The number of carbonyl (C=O) groups excluding carboxylic acids is 3. The number of nitrogens with one attached hydrogen (secondary N) is 1. The molecule has 2 heterocycles. The van der Waals surface area contributed by atoms with Gasteiger partial charge in [0.05, 0.1) is 19.2 Å². The zero-order valence-electron chi connectivity index (χ0n) is 13.5. The first kappa shape index (κ1) is 17.3. The lowest BCUT2D eigenvalue weighted by atomic mass is 10.3. The van der Waals surface area contributed by atoms with E-state index < -0.39 is 18.0 Å². The lowest BCUT2D eigenvalue weighted by Crippen LogP contribution is -2.29. The Morgan fingerprint density at radius 2 is 2.00 bits per heavy atom. The lowest BCUT2D eigenvalue weighted by molar-refractivity contribution is -0.157. The van der Waals surface area contributed by atoms with E-state index in [1.165, 1.54) is 33.4 Å². The van der Waals surface area contributed by atoms with Gasteiger partial charge in [-0.05, 0) is 0 Å². The Labute approximate surface area is 136 Å². The van der Waals surface area contributed by atoms with Crippen LogP contribution in [0.2, 0.25) is 0 Å². The molecule has 0 aliphatic rings. The summed E-state index contributed by atoms with van der Waals surface area (Å²) in [4.78, 5) is 48.3. The second-order valence-corrected chi connectivity index (χ2v) is 4.99. The summed E-state index contributed by atoms with van der Waals surface area (Å²) in [7, 11) is 0. The number of aromatic amines is 1. The molecule has 2 aromatic heterocycles. The predicted octanol–water partition coefficient (Wildman–Crippen LogP) is -0.299. The molecule has 2 aromatic rings. The van der Waals surface area contributed by atoms with E-state index in [1.807, 2.05) is 0 Å². The maximum Gasteiger partial charge on any atom is 0.303 e. The number of hydrogen-bond donors (Lipinski definition) is 1. The van der Waals surface area contributed by atoms with Gasteiger partial charge in [-0.15, -0.1) is 0 Å². The van der Waals surface area contributed by atoms with Crippen molar-refractivity contribution >= 4 is 29.0 Å². The van der Waals surface area contributed by atoms with E-state index in [0.717, 1.165) is 0 Å². The minimum absolute atomic E-state index is 0.0899. The molecule has 0 spiro atoms. The van der Waals surface area contributed by atoms with Gasteiger partial charge in [-0.2, -0.15) is 4.99 Å². The average molecular weight is 335 g/mol. The van der Waals surface area contributed by atoms with Crippen molar-refractivity contribution in [1.29, 1.82) is 0 Å². The van der Waals surface area contributed by atoms with E-state index in [1.54, 1.807) is 4.57 Å². The van der Waals surface area contributed by atoms with Crippen LogP contribution in [0.1, 0.15) is 20.8 Å². The fraction of sp³-hybridized carbons (Fsp3) is 0.429. The van der Waals surface area contributed by atoms with Gasteiger partial charge in [0.15, 0.2) is 17.2 Å². The summed E-state index contributed by atoms with van der Waals surface area (Å²) in [5.41, 5.74) is 1.17. The van der Waals surface area contributed by atoms with E-state index in [-0.39, 0.29) is 24.5 Å². The number of aromatic nitrogens is 4. The molecule has 10 nitrogen and oxygen atoms in total. The number of carbonyl (C=O) groups is 3. The van der Waals surface area contributed by atoms with Crippen LogP contribution < -0.4 is 5.49 Å². The summed E-state index contributed by atoms with van der Waals surface area (Å²) in [5, 5.41) is 0. The standard InChI is InChI=1S/C14H17N5O5/c1-8(20)18-13-12-14(16-6-15-12)19(7-17-13)4-11(24-10(3)22)5-23-9(2)21/h6-7,11H,4-5H2,1-3H3,(H,15,16)/t11-/m1/s1. The lowest BCUT2D eigenvalue weighted by Gasteiger charge is -2.18. The van der Waals surface area contributed by atoms with Gasteiger partial charge in [0, 0.05) is 20.8 Å². The molecule has 0 saturated carbocycles. The number of H-pyrrole nitrogens is 1. The Morgan fingerprint density at radius 3 is 2.62 bits per heavy atom. The third kappa shape index (κ3) is 4.48. The Bertz CT molecular complexity index is 837. The summed E-state index contributed by atoms with van der Waals surface area (Å²) in [6.07, 6.45) is 2.16. The molecule has 0 aromatic carbocycles. The maximum atomic E-state index is 11.2. The van der Waals surface area contributed by atoms with E-state index in [2.05, 4.69) is 19.9 Å². The minimum Gasteiger partial charge on any atom is -0.462 e. The van der Waals surface area contributed by atoms with Gasteiger partial charge in [-0.25, -0.2) is 9.97 Å². The van der Waals surface area contributed by atoms with E-state index in [0.29, 0.717) is 11.2 Å². The van der Waals surface area contributed by atoms with Crippen LogP contribution in [0.15, 0.2) is 17.6 Å². The molecule has 128 valence electrons. The number of imidazole rings is 1. The summed E-state index contributed by atoms with van der Waals surface area (Å²) >= 11 is 0. The highest BCUT2D eigenvalue weighted by molar-refractivity contribution is 5.76. The number of amides is 1. The number of rotatable bonds is 5. The van der Waals surface area contributed by atoms with Crippen molar-refractivity contribution < 1.29 is 23.9 Å². The van der Waals surface area contributed by atoms with Crippen molar-refractivity contribution in [3.8, 4) is 0 Å². The Kier molecular flexibility index (Phi) is 5.40. The van der Waals surface area contributed by atoms with Crippen LogP contribution in [0.25, 0.3) is 11.2 Å². The first-order chi connectivity index (χ1) is 11.4. The Hall–Kier alpha value is -3.04. The monoisotopic (exact) mass is 335 g/mol. The maximum absolute atomic E-state index is 11.2. The number of ether oxygens (including phenoxy) is 2. The number of nitrogens with zero attached hydrogens (tertiary/aromatic N) is 4. The van der Waals surface area contributed by atoms with Crippen molar-refractivity contribution in [2.75, 3.05) is 6.61 Å². The van der Waals surface area contributed by atoms with Crippen LogP contribution in [0, 0.1) is 0 Å². The van der Waals surface area contributed by atoms with Crippen molar-refractivity contribution in [2.45, 2.75) is 33.4 Å². The second kappa shape index (κ2) is 7.49. The summed E-state index contributed by atoms with van der Waals surface area (Å²) in [6.45, 7) is 3.93. The largest absolute Gasteiger partial charge is 0.462 e. The van der Waals surface area contributed by atoms with E-state index in [4.69, 9.17) is 9.47 Å². The van der Waals surface area contributed by atoms with Crippen molar-refractivity contribution in [3.63, 3.8) is 0 Å². The molecular formula is C14H17N5O5. The summed E-state index contributed by atoms with van der Waals surface area (Å²) < 4.78 is 11.7. The number of esters is 2. The summed E-state index contributed by atoms with van der Waals surface area (Å²) in [5.74, 6) is -1.36. The van der Waals surface area contributed by atoms with Crippen LogP contribution in [0.4, 0.5) is 0 Å². The van der Waals surface area contributed by atoms with Gasteiger partial charge in [-0.1, -0.05) is 0 Å². The average Bonchev–Trinajstić information content (AvgIpc) is 2.96. The van der Waals surface area contributed by atoms with Gasteiger partial charge in [0.1, 0.15) is 12.1 Å². The zero-order valence-corrected chi connectivity index (χ0v) is 13.5. The van der Waals surface area contributed by atoms with Gasteiger partial charge in [-0.3, -0.25) is 14.4 Å². The highest BCUT2D eigenvalue weighted by Gasteiger charge is 2.17. The quantitative estimate of drug-likeness (QED) is 0.743. The third-order valence-corrected chi connectivity index (χ3v) is 2.90. The number of hydrogen-bond acceptors (Lipinski definition) is 7. The van der Waals surface area contributed by atoms with Gasteiger partial charge < -0.3 is 19.0 Å². The molecular weight excluding hydrogens is 318 g/mol. The van der Waals surface area contributed by atoms with Crippen LogP contribution in [-0.4, -0.2) is 50.1 Å². The Morgan fingerprint density at radius 1 is 1.25 bits per heavy atom. The van der Waals surface area contributed by atoms with Crippen LogP contribution in [0.3, 0.4) is 0 Å². The zero-order chi connectivity index (χ0) is 17.7. The van der Waals surface area contributed by atoms with Gasteiger partial charge >= 0.3 is 11.9 Å². The smallest absolute Gasteiger partial charge is 0.303 e. The molecule has 1 N–H and O–H groups in total. The van der Waals surface area contributed by atoms with Crippen molar-refractivity contribution in [1.82, 2.24) is 19.5 Å². The van der Waals surface area contributed by atoms with Crippen LogP contribution in [-0.2, 0) is 30.4 Å². The van der Waals surface area contributed by atoms with Crippen molar-refractivity contribution in [3.05, 3.63) is 18.1 Å². The second-order valence-electron chi connectivity index (χ2n) is 4.99. The molecule has 0 fully saturated rings. The molecule has 0 aliphatic heterocycles. The first-order valence-corrected chi connectivity index (χ1v) is 7.11. The fourth-order valence-corrected chi connectivity index (χ4v) is 2.07. The third-order valence-electron chi connectivity index (χ3n) is 2.90. The van der Waals surface area contributed by atoms with Gasteiger partial charge in [0.2, 0.25) is 5.91 Å². The SMILES string of the molecule is CC(=O)N=c1ncn(C[C@H](COC(C)=O)OC(C)=O)c2nc[nH]c12. The topological polar surface area (TPSA) is 129 Å². The molecule has 0 unspecified atom stereocenters. The molecule has 2 rings (SSSR count). The van der Waals surface area contributed by atoms with Crippen molar-refractivity contribution in [2.24, 2.45) is 4.99 Å². The summed E-state index contributed by atoms with van der Waals surface area (Å²) in [6, 6.07) is 0. The fourth-order valence-electron chi connectivity index (χ4n) is 2.07. The molecule has 0 bridgehead atoms. The number of fused-ring (bicyclic) bond motifs is 1. The highest BCUT2D eigenvalue weighted by atomic mass is 16.6. The molecule has 1 amide bonds. The predicted molar refractivity (Wildman–Crippen MR) is 80.3 cm³/mol. The molecule has 1 atom stereocenters. The van der Waals surface area contributed by atoms with Gasteiger partial charge in [0.25, 0.3) is 0 Å². The molecule has 10 heteroatoms. The molecule has 0 radical (unpaired) electrons. The van der Waals surface area contributed by atoms with Crippen LogP contribution in [0.5, 0.6) is 0 Å². The normalized spacial score (nSPS) is 12.9. The first-order valence-electron chi connectivity index (χ1n) is 7.11. The highest BCUT2D eigenvalue weighted by Crippen LogP contribution is 2.07. The van der Waals surface area contributed by atoms with E-state index >= 15 is 0 Å². The minimum atomic E-state index is -0.700.